The van der Waals surface area contributed by atoms with Gasteiger partial charge in [0.25, 0.3) is 5.91 Å². The fourth-order valence-corrected chi connectivity index (χ4v) is 3.36. The highest BCUT2D eigenvalue weighted by molar-refractivity contribution is 6.31. The van der Waals surface area contributed by atoms with Gasteiger partial charge in [0, 0.05) is 17.1 Å². The van der Waals surface area contributed by atoms with E-state index in [4.69, 9.17) is 16.3 Å². The molecule has 0 spiro atoms. The third kappa shape index (κ3) is 5.98. The average Bonchev–Trinajstić information content (AvgIpc) is 2.66. The molecule has 1 unspecified atom stereocenters. The molecule has 2 aromatic carbocycles. The van der Waals surface area contributed by atoms with Crippen LogP contribution in [0.3, 0.4) is 0 Å². The van der Waals surface area contributed by atoms with Gasteiger partial charge in [-0.05, 0) is 62.8 Å². The Labute approximate surface area is 167 Å². The second kappa shape index (κ2) is 10.3. The number of carbonyl (C=O) groups excluding carboxylic acids is 1. The zero-order valence-corrected chi connectivity index (χ0v) is 17.3. The van der Waals surface area contributed by atoms with Crippen molar-refractivity contribution in [1.82, 2.24) is 10.2 Å². The highest BCUT2D eigenvalue weighted by Gasteiger charge is 2.21. The maximum atomic E-state index is 12.6. The molecule has 5 heteroatoms. The molecule has 2 aromatic rings. The predicted molar refractivity (Wildman–Crippen MR) is 112 cm³/mol. The van der Waals surface area contributed by atoms with E-state index in [0.29, 0.717) is 12.1 Å². The zero-order valence-electron chi connectivity index (χ0n) is 16.5. The first-order valence-electron chi connectivity index (χ1n) is 9.49. The Morgan fingerprint density at radius 2 is 1.70 bits per heavy atom. The van der Waals surface area contributed by atoms with Crippen molar-refractivity contribution in [2.75, 3.05) is 19.6 Å². The minimum Gasteiger partial charge on any atom is -0.491 e. The van der Waals surface area contributed by atoms with Crippen LogP contribution in [0.5, 0.6) is 5.75 Å². The Morgan fingerprint density at radius 3 is 2.26 bits per heavy atom. The van der Waals surface area contributed by atoms with Crippen LogP contribution in [-0.4, -0.2) is 36.5 Å². The minimum atomic E-state index is -0.102. The van der Waals surface area contributed by atoms with Gasteiger partial charge >= 0.3 is 0 Å². The SMILES string of the molecule is CCN(CC)C(CNC(=O)c1ccc(OC(C)C)cc1)c1ccccc1Cl. The average molecular weight is 389 g/mol. The van der Waals surface area contributed by atoms with Crippen molar-refractivity contribution in [2.45, 2.75) is 39.8 Å². The number of hydrogen-bond acceptors (Lipinski definition) is 3. The quantitative estimate of drug-likeness (QED) is 0.661. The predicted octanol–water partition coefficient (Wildman–Crippen LogP) is 4.94. The number of carbonyl (C=O) groups is 1. The first-order chi connectivity index (χ1) is 13.0. The van der Waals surface area contributed by atoms with Gasteiger partial charge in [0.2, 0.25) is 0 Å². The third-order valence-corrected chi connectivity index (χ3v) is 4.81. The van der Waals surface area contributed by atoms with Crippen molar-refractivity contribution in [3.05, 3.63) is 64.7 Å². The van der Waals surface area contributed by atoms with E-state index in [1.165, 1.54) is 0 Å². The number of rotatable bonds is 9. The van der Waals surface area contributed by atoms with Crippen molar-refractivity contribution in [3.63, 3.8) is 0 Å². The second-order valence-electron chi connectivity index (χ2n) is 6.66. The van der Waals surface area contributed by atoms with Gasteiger partial charge in [-0.15, -0.1) is 0 Å². The first kappa shape index (κ1) is 21.3. The molecule has 146 valence electrons. The maximum Gasteiger partial charge on any atom is 0.251 e. The molecule has 1 amide bonds. The number of hydrogen-bond donors (Lipinski definition) is 1. The largest absolute Gasteiger partial charge is 0.491 e. The number of halogens is 1. The van der Waals surface area contributed by atoms with Crippen molar-refractivity contribution >= 4 is 17.5 Å². The molecule has 0 aromatic heterocycles. The highest BCUT2D eigenvalue weighted by Crippen LogP contribution is 2.27. The summed E-state index contributed by atoms with van der Waals surface area (Å²) in [6.07, 6.45) is 0.107. The standard InChI is InChI=1S/C22H29ClN2O2/c1-5-25(6-2)21(19-9-7-8-10-20(19)23)15-24-22(26)17-11-13-18(14-12-17)27-16(3)4/h7-14,16,21H,5-6,15H2,1-4H3,(H,24,26). The Bertz CT molecular complexity index is 727. The Kier molecular flexibility index (Phi) is 8.14. The molecule has 0 aliphatic rings. The summed E-state index contributed by atoms with van der Waals surface area (Å²) >= 11 is 6.41. The van der Waals surface area contributed by atoms with Crippen LogP contribution in [0, 0.1) is 0 Å². The normalized spacial score (nSPS) is 12.3. The lowest BCUT2D eigenvalue weighted by molar-refractivity contribution is 0.0935. The number of nitrogens with one attached hydrogen (secondary N) is 1. The van der Waals surface area contributed by atoms with Crippen molar-refractivity contribution in [1.29, 1.82) is 0 Å². The van der Waals surface area contributed by atoms with Gasteiger partial charge in [-0.1, -0.05) is 43.6 Å². The van der Waals surface area contributed by atoms with Crippen LogP contribution in [0.25, 0.3) is 0 Å². The topological polar surface area (TPSA) is 41.6 Å². The molecule has 2 rings (SSSR count). The molecule has 0 radical (unpaired) electrons. The van der Waals surface area contributed by atoms with E-state index >= 15 is 0 Å². The summed E-state index contributed by atoms with van der Waals surface area (Å²) in [5, 5.41) is 3.78. The molecule has 0 fully saturated rings. The van der Waals surface area contributed by atoms with E-state index < -0.39 is 0 Å². The summed E-state index contributed by atoms with van der Waals surface area (Å²) in [6.45, 7) is 10.4. The van der Waals surface area contributed by atoms with Crippen molar-refractivity contribution < 1.29 is 9.53 Å². The molecule has 4 nitrogen and oxygen atoms in total. The van der Waals surface area contributed by atoms with Crippen molar-refractivity contribution in [3.8, 4) is 5.75 Å². The summed E-state index contributed by atoms with van der Waals surface area (Å²) in [5.74, 6) is 0.661. The van der Waals surface area contributed by atoms with E-state index in [9.17, 15) is 4.79 Å². The summed E-state index contributed by atoms with van der Waals surface area (Å²) < 4.78 is 5.63. The Hall–Kier alpha value is -2.04. The molecule has 0 aliphatic heterocycles. The number of amides is 1. The number of ether oxygens (including phenoxy) is 1. The molecule has 0 saturated heterocycles. The second-order valence-corrected chi connectivity index (χ2v) is 7.07. The molecule has 0 saturated carbocycles. The van der Waals surface area contributed by atoms with E-state index in [1.54, 1.807) is 12.1 Å². The molecule has 1 atom stereocenters. The molecule has 0 heterocycles. The van der Waals surface area contributed by atoms with E-state index in [2.05, 4.69) is 24.1 Å². The van der Waals surface area contributed by atoms with Crippen LogP contribution < -0.4 is 10.1 Å². The van der Waals surface area contributed by atoms with Gasteiger partial charge in [0.15, 0.2) is 0 Å². The lowest BCUT2D eigenvalue weighted by atomic mass is 10.0. The lowest BCUT2D eigenvalue weighted by Crippen LogP contribution is -2.38. The third-order valence-electron chi connectivity index (χ3n) is 4.46. The molecular formula is C22H29ClN2O2. The van der Waals surface area contributed by atoms with E-state index in [0.717, 1.165) is 29.4 Å². The van der Waals surface area contributed by atoms with E-state index in [1.807, 2.05) is 50.2 Å². The van der Waals surface area contributed by atoms with Crippen LogP contribution >= 0.6 is 11.6 Å². The summed E-state index contributed by atoms with van der Waals surface area (Å²) in [4.78, 5) is 14.9. The van der Waals surface area contributed by atoms with Gasteiger partial charge in [-0.2, -0.15) is 0 Å². The smallest absolute Gasteiger partial charge is 0.251 e. The maximum absolute atomic E-state index is 12.6. The summed E-state index contributed by atoms with van der Waals surface area (Å²) in [5.41, 5.74) is 1.65. The molecular weight excluding hydrogens is 360 g/mol. The van der Waals surface area contributed by atoms with Crippen LogP contribution in [0.15, 0.2) is 48.5 Å². The number of likely N-dealkylation sites (N-methyl/N-ethyl adjacent to an activating group) is 1. The molecule has 1 N–H and O–H groups in total. The van der Waals surface area contributed by atoms with Gasteiger partial charge in [-0.3, -0.25) is 9.69 Å². The van der Waals surface area contributed by atoms with E-state index in [-0.39, 0.29) is 18.1 Å². The van der Waals surface area contributed by atoms with Crippen LogP contribution in [-0.2, 0) is 0 Å². The fraction of sp³-hybridized carbons (Fsp3) is 0.409. The van der Waals surface area contributed by atoms with Gasteiger partial charge in [-0.25, -0.2) is 0 Å². The molecule has 27 heavy (non-hydrogen) atoms. The van der Waals surface area contributed by atoms with Crippen LogP contribution in [0.2, 0.25) is 5.02 Å². The lowest BCUT2D eigenvalue weighted by Gasteiger charge is -2.31. The Morgan fingerprint density at radius 1 is 1.07 bits per heavy atom. The zero-order chi connectivity index (χ0) is 19.8. The summed E-state index contributed by atoms with van der Waals surface area (Å²) in [6, 6.07) is 15.1. The number of nitrogens with zero attached hydrogens (tertiary/aromatic N) is 1. The monoisotopic (exact) mass is 388 g/mol. The van der Waals surface area contributed by atoms with Crippen molar-refractivity contribution in [2.24, 2.45) is 0 Å². The van der Waals surface area contributed by atoms with Gasteiger partial charge in [0.05, 0.1) is 12.1 Å². The summed E-state index contributed by atoms with van der Waals surface area (Å²) in [7, 11) is 0. The first-order valence-corrected chi connectivity index (χ1v) is 9.87. The van der Waals surface area contributed by atoms with Crippen LogP contribution in [0.4, 0.5) is 0 Å². The molecule has 0 aliphatic carbocycles. The number of benzene rings is 2. The Balaban J connectivity index is 2.10. The van der Waals surface area contributed by atoms with Crippen LogP contribution in [0.1, 0.15) is 49.7 Å². The molecule has 0 bridgehead atoms. The highest BCUT2D eigenvalue weighted by atomic mass is 35.5. The van der Waals surface area contributed by atoms with Gasteiger partial charge in [0.1, 0.15) is 5.75 Å². The fourth-order valence-electron chi connectivity index (χ4n) is 3.09. The van der Waals surface area contributed by atoms with Gasteiger partial charge < -0.3 is 10.1 Å². The minimum absolute atomic E-state index is 0.0289.